The lowest BCUT2D eigenvalue weighted by Gasteiger charge is -2.29. The number of carbonyl (C=O) groups excluding carboxylic acids is 1. The van der Waals surface area contributed by atoms with Gasteiger partial charge in [-0.05, 0) is 31.5 Å². The minimum Gasteiger partial charge on any atom is -0.508 e. The number of amides is 1. The van der Waals surface area contributed by atoms with E-state index in [1.54, 1.807) is 24.3 Å². The SMILES string of the molecule is CC(CC(=O)N1CCOCC1)NC(C)C(O)c1ccc(O)cc1. The maximum absolute atomic E-state index is 12.2. The number of nitrogens with zero attached hydrogens (tertiary/aromatic N) is 1. The molecule has 1 aliphatic rings. The number of morpholine rings is 1. The number of rotatable bonds is 6. The van der Waals surface area contributed by atoms with E-state index in [1.807, 2.05) is 18.7 Å². The molecule has 0 saturated carbocycles. The van der Waals surface area contributed by atoms with Crippen LogP contribution in [0.2, 0.25) is 0 Å². The predicted molar refractivity (Wildman–Crippen MR) is 87.1 cm³/mol. The van der Waals surface area contributed by atoms with E-state index >= 15 is 0 Å². The third-order valence-corrected chi connectivity index (χ3v) is 4.10. The molecule has 0 spiro atoms. The van der Waals surface area contributed by atoms with E-state index in [0.29, 0.717) is 32.7 Å². The molecule has 3 N–H and O–H groups in total. The molecule has 0 aliphatic carbocycles. The Morgan fingerprint density at radius 3 is 2.48 bits per heavy atom. The van der Waals surface area contributed by atoms with Gasteiger partial charge in [0.05, 0.1) is 19.3 Å². The Labute approximate surface area is 137 Å². The lowest BCUT2D eigenvalue weighted by Crippen LogP contribution is -2.45. The molecule has 128 valence electrons. The fourth-order valence-corrected chi connectivity index (χ4v) is 2.76. The van der Waals surface area contributed by atoms with Crippen molar-refractivity contribution in [3.63, 3.8) is 0 Å². The molecule has 6 nitrogen and oxygen atoms in total. The number of nitrogens with one attached hydrogen (secondary N) is 1. The number of aromatic hydroxyl groups is 1. The molecule has 3 unspecified atom stereocenters. The highest BCUT2D eigenvalue weighted by Gasteiger charge is 2.22. The fraction of sp³-hybridized carbons (Fsp3) is 0.588. The minimum atomic E-state index is -0.698. The zero-order valence-electron chi connectivity index (χ0n) is 13.7. The standard InChI is InChI=1S/C17H26N2O4/c1-12(11-16(21)19-7-9-23-10-8-19)18-13(2)17(22)14-3-5-15(20)6-4-14/h3-6,12-13,17-18,20,22H,7-11H2,1-2H3. The van der Waals surface area contributed by atoms with Crippen molar-refractivity contribution in [1.82, 2.24) is 10.2 Å². The summed E-state index contributed by atoms with van der Waals surface area (Å²) in [5.41, 5.74) is 0.731. The normalized spacial score (nSPS) is 19.2. The topological polar surface area (TPSA) is 82.0 Å². The van der Waals surface area contributed by atoms with Gasteiger partial charge < -0.3 is 25.2 Å². The summed E-state index contributed by atoms with van der Waals surface area (Å²) in [7, 11) is 0. The van der Waals surface area contributed by atoms with E-state index in [1.165, 1.54) is 0 Å². The summed E-state index contributed by atoms with van der Waals surface area (Å²) in [5.74, 6) is 0.283. The Morgan fingerprint density at radius 2 is 1.87 bits per heavy atom. The zero-order chi connectivity index (χ0) is 16.8. The molecule has 1 aromatic rings. The van der Waals surface area contributed by atoms with E-state index < -0.39 is 6.10 Å². The molecule has 0 bridgehead atoms. The highest BCUT2D eigenvalue weighted by molar-refractivity contribution is 5.76. The third-order valence-electron chi connectivity index (χ3n) is 4.10. The van der Waals surface area contributed by atoms with E-state index in [9.17, 15) is 15.0 Å². The molecule has 1 aromatic carbocycles. The van der Waals surface area contributed by atoms with Crippen molar-refractivity contribution in [2.24, 2.45) is 0 Å². The minimum absolute atomic E-state index is 0.0351. The summed E-state index contributed by atoms with van der Waals surface area (Å²) in [4.78, 5) is 14.0. The second-order valence-corrected chi connectivity index (χ2v) is 6.09. The van der Waals surface area contributed by atoms with Crippen molar-refractivity contribution in [3.05, 3.63) is 29.8 Å². The molecule has 3 atom stereocenters. The van der Waals surface area contributed by atoms with Crippen molar-refractivity contribution >= 4 is 5.91 Å². The largest absolute Gasteiger partial charge is 0.508 e. The van der Waals surface area contributed by atoms with Gasteiger partial charge in [-0.25, -0.2) is 0 Å². The van der Waals surface area contributed by atoms with Crippen LogP contribution in [0.5, 0.6) is 5.75 Å². The first-order valence-electron chi connectivity index (χ1n) is 8.06. The molecular formula is C17H26N2O4. The number of benzene rings is 1. The van der Waals surface area contributed by atoms with E-state index in [0.717, 1.165) is 5.56 Å². The number of aliphatic hydroxyl groups excluding tert-OH is 1. The van der Waals surface area contributed by atoms with Gasteiger partial charge in [-0.1, -0.05) is 12.1 Å². The Bertz CT molecular complexity index is 500. The highest BCUT2D eigenvalue weighted by atomic mass is 16.5. The first-order valence-corrected chi connectivity index (χ1v) is 8.06. The predicted octanol–water partition coefficient (Wildman–Crippen LogP) is 1.04. The van der Waals surface area contributed by atoms with Gasteiger partial charge in [-0.15, -0.1) is 0 Å². The molecule has 6 heteroatoms. The Balaban J connectivity index is 1.82. The second-order valence-electron chi connectivity index (χ2n) is 6.09. The van der Waals surface area contributed by atoms with Gasteiger partial charge in [0.2, 0.25) is 5.91 Å². The summed E-state index contributed by atoms with van der Waals surface area (Å²) in [5, 5.41) is 22.9. The molecule has 1 fully saturated rings. The second kappa shape index (κ2) is 8.29. The van der Waals surface area contributed by atoms with Crippen LogP contribution in [0.3, 0.4) is 0 Å². The van der Waals surface area contributed by atoms with E-state index in [2.05, 4.69) is 5.32 Å². The molecular weight excluding hydrogens is 296 g/mol. The zero-order valence-corrected chi connectivity index (χ0v) is 13.7. The first-order chi connectivity index (χ1) is 11.0. The summed E-state index contributed by atoms with van der Waals surface area (Å²) < 4.78 is 5.25. The van der Waals surface area contributed by atoms with Gasteiger partial charge in [0.1, 0.15) is 5.75 Å². The van der Waals surface area contributed by atoms with Crippen LogP contribution in [-0.4, -0.2) is 59.4 Å². The smallest absolute Gasteiger partial charge is 0.224 e. The van der Waals surface area contributed by atoms with Gasteiger partial charge in [0, 0.05) is 31.6 Å². The van der Waals surface area contributed by atoms with Gasteiger partial charge in [0.15, 0.2) is 0 Å². The third kappa shape index (κ3) is 5.20. The number of phenols is 1. The Hall–Kier alpha value is -1.63. The van der Waals surface area contributed by atoms with Gasteiger partial charge in [-0.3, -0.25) is 4.79 Å². The van der Waals surface area contributed by atoms with E-state index in [4.69, 9.17) is 4.74 Å². The van der Waals surface area contributed by atoms with Crippen LogP contribution in [0.25, 0.3) is 0 Å². The molecule has 1 amide bonds. The molecule has 23 heavy (non-hydrogen) atoms. The maximum Gasteiger partial charge on any atom is 0.224 e. The average Bonchev–Trinajstić information content (AvgIpc) is 2.55. The monoisotopic (exact) mass is 322 g/mol. The average molecular weight is 322 g/mol. The van der Waals surface area contributed by atoms with Crippen LogP contribution >= 0.6 is 0 Å². The number of carbonyl (C=O) groups is 1. The van der Waals surface area contributed by atoms with Crippen LogP contribution in [0.4, 0.5) is 0 Å². The first kappa shape index (κ1) is 17.7. The Morgan fingerprint density at radius 1 is 1.26 bits per heavy atom. The molecule has 1 heterocycles. The number of phenolic OH excluding ortho intramolecular Hbond substituents is 1. The van der Waals surface area contributed by atoms with Crippen LogP contribution < -0.4 is 5.32 Å². The Kier molecular flexibility index (Phi) is 6.38. The van der Waals surface area contributed by atoms with Crippen LogP contribution in [0.15, 0.2) is 24.3 Å². The number of ether oxygens (including phenoxy) is 1. The van der Waals surface area contributed by atoms with E-state index in [-0.39, 0.29) is 23.7 Å². The lowest BCUT2D eigenvalue weighted by molar-refractivity contribution is -0.135. The van der Waals surface area contributed by atoms with Crippen molar-refractivity contribution in [2.75, 3.05) is 26.3 Å². The lowest BCUT2D eigenvalue weighted by atomic mass is 10.0. The van der Waals surface area contributed by atoms with Crippen molar-refractivity contribution in [1.29, 1.82) is 0 Å². The van der Waals surface area contributed by atoms with Gasteiger partial charge in [0.25, 0.3) is 0 Å². The summed E-state index contributed by atoms with van der Waals surface area (Å²) in [6.07, 6.45) is -0.302. The quantitative estimate of drug-likeness (QED) is 0.729. The van der Waals surface area contributed by atoms with Crippen LogP contribution in [0.1, 0.15) is 31.9 Å². The number of aliphatic hydroxyl groups is 1. The van der Waals surface area contributed by atoms with Crippen molar-refractivity contribution in [2.45, 2.75) is 38.5 Å². The molecule has 0 aromatic heterocycles. The number of hydrogen-bond acceptors (Lipinski definition) is 5. The maximum atomic E-state index is 12.2. The summed E-state index contributed by atoms with van der Waals surface area (Å²) in [6, 6.07) is 6.26. The summed E-state index contributed by atoms with van der Waals surface area (Å²) in [6.45, 7) is 6.33. The number of hydrogen-bond donors (Lipinski definition) is 3. The van der Waals surface area contributed by atoms with Crippen LogP contribution in [-0.2, 0) is 9.53 Å². The van der Waals surface area contributed by atoms with Gasteiger partial charge >= 0.3 is 0 Å². The highest BCUT2D eigenvalue weighted by Crippen LogP contribution is 2.20. The van der Waals surface area contributed by atoms with Crippen molar-refractivity contribution in [3.8, 4) is 5.75 Å². The molecule has 2 rings (SSSR count). The van der Waals surface area contributed by atoms with Crippen LogP contribution in [0, 0.1) is 0 Å². The molecule has 0 radical (unpaired) electrons. The molecule has 1 aliphatic heterocycles. The van der Waals surface area contributed by atoms with Gasteiger partial charge in [-0.2, -0.15) is 0 Å². The summed E-state index contributed by atoms with van der Waals surface area (Å²) >= 11 is 0. The van der Waals surface area contributed by atoms with Crippen molar-refractivity contribution < 1.29 is 19.7 Å². The fourth-order valence-electron chi connectivity index (χ4n) is 2.76. The molecule has 1 saturated heterocycles.